The Bertz CT molecular complexity index is 1280. The summed E-state index contributed by atoms with van der Waals surface area (Å²) in [5.74, 6) is 0.795. The monoisotopic (exact) mass is 442 g/mol. The SMILES string of the molecule is CCOc1ccccc1C(=O)Oc1ccc2c(c1)OC(N)=C(C#N)C2c1cccc(OC)c1. The number of nitrogens with zero attached hydrogens (tertiary/aromatic N) is 1. The van der Waals surface area contributed by atoms with Crippen LogP contribution in [0.25, 0.3) is 0 Å². The summed E-state index contributed by atoms with van der Waals surface area (Å²) in [6.07, 6.45) is 0. The number of carbonyl (C=O) groups excluding carboxylic acids is 1. The number of rotatable bonds is 6. The molecule has 0 fully saturated rings. The molecule has 0 saturated carbocycles. The third kappa shape index (κ3) is 4.32. The van der Waals surface area contributed by atoms with Crippen molar-refractivity contribution in [3.8, 4) is 29.1 Å². The van der Waals surface area contributed by atoms with Crippen molar-refractivity contribution < 1.29 is 23.7 Å². The van der Waals surface area contributed by atoms with Crippen molar-refractivity contribution in [1.29, 1.82) is 5.26 Å². The largest absolute Gasteiger partial charge is 0.497 e. The Morgan fingerprint density at radius 1 is 1.09 bits per heavy atom. The van der Waals surface area contributed by atoms with Gasteiger partial charge in [-0.2, -0.15) is 5.26 Å². The number of carbonyl (C=O) groups is 1. The Morgan fingerprint density at radius 2 is 1.91 bits per heavy atom. The second kappa shape index (κ2) is 9.37. The third-order valence-electron chi connectivity index (χ3n) is 5.24. The van der Waals surface area contributed by atoms with E-state index in [4.69, 9.17) is 24.7 Å². The van der Waals surface area contributed by atoms with Crippen molar-refractivity contribution in [2.24, 2.45) is 5.73 Å². The van der Waals surface area contributed by atoms with E-state index in [1.54, 1.807) is 49.6 Å². The quantitative estimate of drug-likeness (QED) is 0.442. The average molecular weight is 442 g/mol. The molecule has 33 heavy (non-hydrogen) atoms. The van der Waals surface area contributed by atoms with Crippen LogP contribution in [0.15, 0.2) is 78.2 Å². The van der Waals surface area contributed by atoms with Crippen LogP contribution >= 0.6 is 0 Å². The molecule has 1 aliphatic heterocycles. The molecule has 0 aromatic heterocycles. The van der Waals surface area contributed by atoms with E-state index in [0.29, 0.717) is 35.0 Å². The molecule has 7 nitrogen and oxygen atoms in total. The zero-order valence-electron chi connectivity index (χ0n) is 18.2. The summed E-state index contributed by atoms with van der Waals surface area (Å²) in [5.41, 5.74) is 8.25. The van der Waals surface area contributed by atoms with Crippen LogP contribution < -0.4 is 24.7 Å². The predicted molar refractivity (Wildman–Crippen MR) is 121 cm³/mol. The van der Waals surface area contributed by atoms with E-state index < -0.39 is 11.9 Å². The molecule has 4 rings (SSSR count). The van der Waals surface area contributed by atoms with Crippen molar-refractivity contribution in [2.75, 3.05) is 13.7 Å². The average Bonchev–Trinajstić information content (AvgIpc) is 2.83. The van der Waals surface area contributed by atoms with E-state index in [0.717, 1.165) is 11.1 Å². The summed E-state index contributed by atoms with van der Waals surface area (Å²) in [5, 5.41) is 9.73. The van der Waals surface area contributed by atoms with Crippen LogP contribution in [0, 0.1) is 11.3 Å². The Labute approximate surface area is 191 Å². The van der Waals surface area contributed by atoms with Gasteiger partial charge in [0.15, 0.2) is 0 Å². The minimum Gasteiger partial charge on any atom is -0.497 e. The van der Waals surface area contributed by atoms with Crippen LogP contribution in [0.1, 0.15) is 34.3 Å². The Morgan fingerprint density at radius 3 is 2.67 bits per heavy atom. The molecule has 1 atom stereocenters. The first-order valence-electron chi connectivity index (χ1n) is 10.3. The predicted octanol–water partition coefficient (Wildman–Crippen LogP) is 4.53. The van der Waals surface area contributed by atoms with Gasteiger partial charge in [-0.25, -0.2) is 4.79 Å². The number of methoxy groups -OCH3 is 1. The smallest absolute Gasteiger partial charge is 0.347 e. The fraction of sp³-hybridized carbons (Fsp3) is 0.154. The third-order valence-corrected chi connectivity index (χ3v) is 5.24. The fourth-order valence-corrected chi connectivity index (χ4v) is 3.74. The van der Waals surface area contributed by atoms with E-state index in [1.165, 1.54) is 0 Å². The number of hydrogen-bond acceptors (Lipinski definition) is 7. The molecular weight excluding hydrogens is 420 g/mol. The summed E-state index contributed by atoms with van der Waals surface area (Å²) >= 11 is 0. The second-order valence-corrected chi connectivity index (χ2v) is 7.22. The van der Waals surface area contributed by atoms with Crippen molar-refractivity contribution in [1.82, 2.24) is 0 Å². The molecule has 0 saturated heterocycles. The number of benzene rings is 3. The van der Waals surface area contributed by atoms with Crippen LogP contribution in [-0.2, 0) is 0 Å². The molecule has 166 valence electrons. The number of nitriles is 1. The molecule has 0 radical (unpaired) electrons. The highest BCUT2D eigenvalue weighted by Gasteiger charge is 2.31. The first-order valence-corrected chi connectivity index (χ1v) is 10.3. The van der Waals surface area contributed by atoms with E-state index in [2.05, 4.69) is 6.07 Å². The number of nitrogens with two attached hydrogens (primary N) is 1. The van der Waals surface area contributed by atoms with E-state index in [1.807, 2.05) is 31.2 Å². The number of esters is 1. The maximum Gasteiger partial charge on any atom is 0.347 e. The number of fused-ring (bicyclic) bond motifs is 1. The molecule has 2 N–H and O–H groups in total. The minimum atomic E-state index is -0.555. The van der Waals surface area contributed by atoms with Crippen molar-refractivity contribution in [2.45, 2.75) is 12.8 Å². The molecule has 1 aliphatic rings. The normalized spacial score (nSPS) is 14.5. The van der Waals surface area contributed by atoms with Crippen molar-refractivity contribution in [3.63, 3.8) is 0 Å². The van der Waals surface area contributed by atoms with Gasteiger partial charge in [-0.1, -0.05) is 30.3 Å². The highest BCUT2D eigenvalue weighted by atomic mass is 16.5. The lowest BCUT2D eigenvalue weighted by molar-refractivity contribution is 0.0730. The highest BCUT2D eigenvalue weighted by molar-refractivity contribution is 5.94. The number of hydrogen-bond donors (Lipinski definition) is 1. The summed E-state index contributed by atoms with van der Waals surface area (Å²) in [7, 11) is 1.58. The molecule has 0 aliphatic carbocycles. The maximum absolute atomic E-state index is 12.8. The van der Waals surface area contributed by atoms with Crippen LogP contribution in [0.3, 0.4) is 0 Å². The first kappa shape index (κ1) is 21.8. The van der Waals surface area contributed by atoms with Crippen LogP contribution in [0.2, 0.25) is 0 Å². The summed E-state index contributed by atoms with van der Waals surface area (Å²) < 4.78 is 22.1. The summed E-state index contributed by atoms with van der Waals surface area (Å²) in [6.45, 7) is 2.27. The molecular formula is C26H22N2O5. The zero-order chi connectivity index (χ0) is 23.4. The van der Waals surface area contributed by atoms with Gasteiger partial charge in [-0.15, -0.1) is 0 Å². The number of ether oxygens (including phenoxy) is 4. The molecule has 1 unspecified atom stereocenters. The minimum absolute atomic E-state index is 0.00277. The van der Waals surface area contributed by atoms with Gasteiger partial charge in [0.1, 0.15) is 40.2 Å². The second-order valence-electron chi connectivity index (χ2n) is 7.22. The lowest BCUT2D eigenvalue weighted by Gasteiger charge is -2.27. The van der Waals surface area contributed by atoms with Gasteiger partial charge in [0.25, 0.3) is 0 Å². The van der Waals surface area contributed by atoms with Crippen LogP contribution in [0.5, 0.6) is 23.0 Å². The molecule has 0 amide bonds. The van der Waals surface area contributed by atoms with Gasteiger partial charge in [-0.3, -0.25) is 0 Å². The van der Waals surface area contributed by atoms with E-state index in [9.17, 15) is 10.1 Å². The molecule has 0 bridgehead atoms. The number of allylic oxidation sites excluding steroid dienone is 1. The molecule has 0 spiro atoms. The van der Waals surface area contributed by atoms with Crippen molar-refractivity contribution >= 4 is 5.97 Å². The molecule has 3 aromatic rings. The van der Waals surface area contributed by atoms with E-state index in [-0.39, 0.29) is 11.6 Å². The molecule has 3 aromatic carbocycles. The first-order chi connectivity index (χ1) is 16.0. The maximum atomic E-state index is 12.8. The van der Waals surface area contributed by atoms with Crippen molar-refractivity contribution in [3.05, 3.63) is 94.9 Å². The Balaban J connectivity index is 1.68. The van der Waals surface area contributed by atoms with Gasteiger partial charge < -0.3 is 24.7 Å². The van der Waals surface area contributed by atoms with Gasteiger partial charge in [-0.05, 0) is 42.8 Å². The van der Waals surface area contributed by atoms with Gasteiger partial charge in [0.05, 0.1) is 19.6 Å². The standard InChI is InChI=1S/C26H22N2O5/c1-3-31-22-10-5-4-9-20(22)26(29)32-18-11-12-19-23(14-18)33-25(28)21(15-27)24(19)16-7-6-8-17(13-16)30-2/h4-14,24H,3,28H2,1-2H3. The fourth-order valence-electron chi connectivity index (χ4n) is 3.74. The Hall–Kier alpha value is -4.44. The Kier molecular flexibility index (Phi) is 6.18. The van der Waals surface area contributed by atoms with Gasteiger partial charge >= 0.3 is 5.97 Å². The summed E-state index contributed by atoms with van der Waals surface area (Å²) in [6, 6.07) is 21.5. The van der Waals surface area contributed by atoms with Crippen LogP contribution in [0.4, 0.5) is 0 Å². The lowest BCUT2D eigenvalue weighted by atomic mass is 9.83. The molecule has 1 heterocycles. The lowest BCUT2D eigenvalue weighted by Crippen LogP contribution is -2.21. The topological polar surface area (TPSA) is 104 Å². The highest BCUT2D eigenvalue weighted by Crippen LogP contribution is 2.44. The van der Waals surface area contributed by atoms with Crippen LogP contribution in [-0.4, -0.2) is 19.7 Å². The molecule has 7 heteroatoms. The number of para-hydroxylation sites is 1. The van der Waals surface area contributed by atoms with Gasteiger partial charge in [0, 0.05) is 11.6 Å². The summed E-state index contributed by atoms with van der Waals surface area (Å²) in [4.78, 5) is 12.8. The van der Waals surface area contributed by atoms with E-state index >= 15 is 0 Å². The zero-order valence-corrected chi connectivity index (χ0v) is 18.2. The van der Waals surface area contributed by atoms with Gasteiger partial charge in [0.2, 0.25) is 5.88 Å².